The maximum absolute atomic E-state index is 12.2. The molecule has 0 spiro atoms. The largest absolute Gasteiger partial charge is 0.325 e. The summed E-state index contributed by atoms with van der Waals surface area (Å²) in [6.07, 6.45) is 1.06. The molecule has 0 aliphatic heterocycles. The molecule has 0 aliphatic rings. The van der Waals surface area contributed by atoms with Crippen molar-refractivity contribution < 1.29 is 13.2 Å². The molecule has 0 saturated heterocycles. The SMILES string of the molecule is CS(=O)(=O)N(CC(=O)Nc1cc(Cl)cc(Cl)c1)Cc1ccc(Br)cc1. The van der Waals surface area contributed by atoms with Crippen molar-refractivity contribution in [3.05, 3.63) is 62.5 Å². The van der Waals surface area contributed by atoms with Crippen LogP contribution in [0.25, 0.3) is 0 Å². The first kappa shape index (κ1) is 20.2. The lowest BCUT2D eigenvalue weighted by atomic mass is 10.2. The molecule has 2 aromatic rings. The number of nitrogens with one attached hydrogen (secondary N) is 1. The number of sulfonamides is 1. The Kier molecular flexibility index (Phi) is 6.87. The summed E-state index contributed by atoms with van der Waals surface area (Å²) in [6.45, 7) is -0.227. The van der Waals surface area contributed by atoms with Crippen molar-refractivity contribution in [1.82, 2.24) is 4.31 Å². The van der Waals surface area contributed by atoms with E-state index in [2.05, 4.69) is 21.2 Å². The first-order chi connectivity index (χ1) is 11.6. The molecule has 9 heteroatoms. The topological polar surface area (TPSA) is 66.5 Å². The maximum atomic E-state index is 12.2. The number of rotatable bonds is 6. The Morgan fingerprint density at radius 1 is 1.12 bits per heavy atom. The van der Waals surface area contributed by atoms with Gasteiger partial charge in [0.15, 0.2) is 0 Å². The highest BCUT2D eigenvalue weighted by molar-refractivity contribution is 9.10. The van der Waals surface area contributed by atoms with Crippen molar-refractivity contribution >= 4 is 60.7 Å². The Hall–Kier alpha value is -1.12. The Morgan fingerprint density at radius 2 is 1.68 bits per heavy atom. The van der Waals surface area contributed by atoms with Crippen molar-refractivity contribution in [3.63, 3.8) is 0 Å². The van der Waals surface area contributed by atoms with E-state index in [1.54, 1.807) is 12.1 Å². The van der Waals surface area contributed by atoms with Crippen LogP contribution in [0.4, 0.5) is 5.69 Å². The zero-order valence-electron chi connectivity index (χ0n) is 13.2. The van der Waals surface area contributed by atoms with Crippen LogP contribution >= 0.6 is 39.1 Å². The van der Waals surface area contributed by atoms with Gasteiger partial charge in [0.2, 0.25) is 15.9 Å². The molecule has 0 radical (unpaired) electrons. The molecule has 0 fully saturated rings. The van der Waals surface area contributed by atoms with E-state index in [4.69, 9.17) is 23.2 Å². The number of hydrogen-bond donors (Lipinski definition) is 1. The monoisotopic (exact) mass is 464 g/mol. The molecule has 0 bridgehead atoms. The zero-order valence-corrected chi connectivity index (χ0v) is 17.1. The molecule has 0 aromatic heterocycles. The third-order valence-corrected chi connectivity index (χ3v) is 5.37. The molecule has 0 saturated carbocycles. The van der Waals surface area contributed by atoms with Crippen LogP contribution in [0.15, 0.2) is 46.9 Å². The average molecular weight is 466 g/mol. The highest BCUT2D eigenvalue weighted by Gasteiger charge is 2.20. The summed E-state index contributed by atoms with van der Waals surface area (Å²) in [5.74, 6) is -0.485. The quantitative estimate of drug-likeness (QED) is 0.696. The van der Waals surface area contributed by atoms with Crippen LogP contribution < -0.4 is 5.32 Å². The summed E-state index contributed by atoms with van der Waals surface area (Å²) >= 11 is 15.1. The van der Waals surface area contributed by atoms with Gasteiger partial charge in [-0.3, -0.25) is 4.79 Å². The van der Waals surface area contributed by atoms with Gasteiger partial charge in [0.1, 0.15) is 0 Å². The van der Waals surface area contributed by atoms with E-state index < -0.39 is 15.9 Å². The molecule has 0 aliphatic carbocycles. The second-order valence-corrected chi connectivity index (χ2v) is 9.13. The fourth-order valence-corrected chi connectivity index (χ4v) is 3.60. The van der Waals surface area contributed by atoms with E-state index in [0.29, 0.717) is 15.7 Å². The molecule has 1 N–H and O–H groups in total. The van der Waals surface area contributed by atoms with Crippen molar-refractivity contribution in [1.29, 1.82) is 0 Å². The van der Waals surface area contributed by atoms with E-state index in [1.807, 2.05) is 12.1 Å². The van der Waals surface area contributed by atoms with Crippen molar-refractivity contribution in [2.24, 2.45) is 0 Å². The lowest BCUT2D eigenvalue weighted by molar-refractivity contribution is -0.116. The molecule has 2 rings (SSSR count). The second kappa shape index (κ2) is 8.51. The molecular weight excluding hydrogens is 451 g/mol. The molecule has 0 atom stereocenters. The van der Waals surface area contributed by atoms with Crippen LogP contribution in [0.2, 0.25) is 10.0 Å². The number of nitrogens with zero attached hydrogens (tertiary/aromatic N) is 1. The minimum Gasteiger partial charge on any atom is -0.325 e. The number of amides is 1. The van der Waals surface area contributed by atoms with Gasteiger partial charge in [0, 0.05) is 26.8 Å². The van der Waals surface area contributed by atoms with Gasteiger partial charge < -0.3 is 5.32 Å². The molecule has 0 unspecified atom stereocenters. The Bertz CT molecular complexity index is 853. The second-order valence-electron chi connectivity index (χ2n) is 5.36. The van der Waals surface area contributed by atoms with Crippen LogP contribution in [-0.2, 0) is 21.4 Å². The van der Waals surface area contributed by atoms with Gasteiger partial charge in [-0.2, -0.15) is 4.31 Å². The average Bonchev–Trinajstić information content (AvgIpc) is 2.46. The Morgan fingerprint density at radius 3 is 2.20 bits per heavy atom. The fraction of sp³-hybridized carbons (Fsp3) is 0.188. The van der Waals surface area contributed by atoms with Gasteiger partial charge in [-0.05, 0) is 35.9 Å². The summed E-state index contributed by atoms with van der Waals surface area (Å²) in [5.41, 5.74) is 1.17. The minimum absolute atomic E-state index is 0.0931. The van der Waals surface area contributed by atoms with E-state index in [-0.39, 0.29) is 13.1 Å². The third kappa shape index (κ3) is 6.60. The Balaban J connectivity index is 2.11. The number of anilines is 1. The first-order valence-corrected chi connectivity index (χ1v) is 10.5. The number of carbonyl (C=O) groups is 1. The predicted molar refractivity (Wildman–Crippen MR) is 104 cm³/mol. The summed E-state index contributed by atoms with van der Waals surface area (Å²) in [5, 5.41) is 3.35. The molecule has 25 heavy (non-hydrogen) atoms. The summed E-state index contributed by atoms with van der Waals surface area (Å²) in [7, 11) is -3.57. The standard InChI is InChI=1S/C16H15BrCl2N2O3S/c1-25(23,24)21(9-11-2-4-12(17)5-3-11)10-16(22)20-15-7-13(18)6-14(19)8-15/h2-8H,9-10H2,1H3,(H,20,22). The van der Waals surface area contributed by atoms with Crippen LogP contribution in [-0.4, -0.2) is 31.4 Å². The van der Waals surface area contributed by atoms with Gasteiger partial charge in [0.25, 0.3) is 0 Å². The van der Waals surface area contributed by atoms with Crippen LogP contribution in [0.1, 0.15) is 5.56 Å². The predicted octanol–water partition coefficient (Wildman–Crippen LogP) is 4.16. The highest BCUT2D eigenvalue weighted by atomic mass is 79.9. The van der Waals surface area contributed by atoms with Gasteiger partial charge in [0.05, 0.1) is 12.8 Å². The van der Waals surface area contributed by atoms with E-state index >= 15 is 0 Å². The molecule has 1 amide bonds. The van der Waals surface area contributed by atoms with Crippen molar-refractivity contribution in [3.8, 4) is 0 Å². The van der Waals surface area contributed by atoms with E-state index in [9.17, 15) is 13.2 Å². The summed E-state index contributed by atoms with van der Waals surface area (Å²) in [6, 6.07) is 11.8. The number of benzene rings is 2. The molecule has 0 heterocycles. The first-order valence-electron chi connectivity index (χ1n) is 7.09. The molecular formula is C16H15BrCl2N2O3S. The zero-order chi connectivity index (χ0) is 18.6. The smallest absolute Gasteiger partial charge is 0.239 e. The number of halogens is 3. The Labute approximate surface area is 165 Å². The van der Waals surface area contributed by atoms with E-state index in [1.165, 1.54) is 18.2 Å². The third-order valence-electron chi connectivity index (χ3n) is 3.21. The van der Waals surface area contributed by atoms with Crippen LogP contribution in [0, 0.1) is 0 Å². The minimum atomic E-state index is -3.57. The summed E-state index contributed by atoms with van der Waals surface area (Å²) < 4.78 is 26.0. The van der Waals surface area contributed by atoms with Crippen molar-refractivity contribution in [2.45, 2.75) is 6.54 Å². The fourth-order valence-electron chi connectivity index (χ4n) is 2.07. The summed E-state index contributed by atoms with van der Waals surface area (Å²) in [4.78, 5) is 12.2. The van der Waals surface area contributed by atoms with Gasteiger partial charge >= 0.3 is 0 Å². The number of hydrogen-bond acceptors (Lipinski definition) is 3. The lowest BCUT2D eigenvalue weighted by Gasteiger charge is -2.19. The normalized spacial score (nSPS) is 11.6. The molecule has 5 nitrogen and oxygen atoms in total. The highest BCUT2D eigenvalue weighted by Crippen LogP contribution is 2.22. The van der Waals surface area contributed by atoms with E-state index in [0.717, 1.165) is 20.6 Å². The van der Waals surface area contributed by atoms with Gasteiger partial charge in [-0.25, -0.2) is 8.42 Å². The van der Waals surface area contributed by atoms with Crippen molar-refractivity contribution in [2.75, 3.05) is 18.1 Å². The molecule has 134 valence electrons. The van der Waals surface area contributed by atoms with Gasteiger partial charge in [-0.1, -0.05) is 51.3 Å². The lowest BCUT2D eigenvalue weighted by Crippen LogP contribution is -2.36. The number of carbonyl (C=O) groups excluding carboxylic acids is 1. The van der Waals surface area contributed by atoms with Crippen LogP contribution in [0.5, 0.6) is 0 Å². The van der Waals surface area contributed by atoms with Crippen LogP contribution in [0.3, 0.4) is 0 Å². The molecule has 2 aromatic carbocycles. The van der Waals surface area contributed by atoms with Gasteiger partial charge in [-0.15, -0.1) is 0 Å². The maximum Gasteiger partial charge on any atom is 0.239 e.